The van der Waals surface area contributed by atoms with Crippen LogP contribution >= 0.6 is 0 Å². The van der Waals surface area contributed by atoms with Crippen LogP contribution in [0.15, 0.2) is 6.58 Å². The van der Waals surface area contributed by atoms with E-state index in [-0.39, 0.29) is 57.4 Å². The Hall–Kier alpha value is 0.676. The van der Waals surface area contributed by atoms with Crippen molar-refractivity contribution in [1.29, 1.82) is 0 Å². The molecule has 16 heavy (non-hydrogen) atoms. The number of hydrogen-bond acceptors (Lipinski definition) is 3. The minimum absolute atomic E-state index is 0. The SMILES string of the molecule is CC.CC.COC(=O)[C-](C)N(C)C.[CH-]=C.[K+]. The van der Waals surface area contributed by atoms with E-state index < -0.39 is 0 Å². The zero-order valence-electron chi connectivity index (χ0n) is 12.5. The summed E-state index contributed by atoms with van der Waals surface area (Å²) in [6.45, 7) is 16.7. The summed E-state index contributed by atoms with van der Waals surface area (Å²) in [6.07, 6.45) is 0. The van der Waals surface area contributed by atoms with Gasteiger partial charge in [0.2, 0.25) is 0 Å². The Labute approximate surface area is 145 Å². The Morgan fingerprint density at radius 3 is 1.50 bits per heavy atom. The molecule has 0 fully saturated rings. The van der Waals surface area contributed by atoms with Crippen molar-refractivity contribution in [1.82, 2.24) is 4.90 Å². The van der Waals surface area contributed by atoms with Gasteiger partial charge in [0, 0.05) is 0 Å². The number of carbonyl (C=O) groups excluding carboxylic acids is 1. The standard InChI is InChI=1S/C6H12NO2.2C2H6.C2H3.K/c1-5(7(2)3)6(8)9-4;3*1-2;/h1-4H3;2*1-2H3;1H,2H2;/q-1;;;-1;+1. The normalized spacial score (nSPS) is 6.31. The molecule has 0 aromatic carbocycles. The number of rotatable bonds is 2. The number of likely N-dealkylation sites (N-methyl/N-ethyl adjacent to an activating group) is 1. The molecule has 0 aromatic heterocycles. The number of esters is 1. The van der Waals surface area contributed by atoms with E-state index in [4.69, 9.17) is 0 Å². The molecule has 0 aliphatic carbocycles. The third kappa shape index (κ3) is 24.1. The molecule has 0 aliphatic rings. The molecule has 3 nitrogen and oxygen atoms in total. The number of methoxy groups -OCH3 is 1. The Bertz CT molecular complexity index is 120. The van der Waals surface area contributed by atoms with Gasteiger partial charge in [0.25, 0.3) is 0 Å². The van der Waals surface area contributed by atoms with Crippen LogP contribution in [0, 0.1) is 12.6 Å². The third-order valence-electron chi connectivity index (χ3n) is 1.15. The molecule has 0 rings (SSSR count). The third-order valence-corrected chi connectivity index (χ3v) is 1.15. The van der Waals surface area contributed by atoms with E-state index in [1.165, 1.54) is 7.11 Å². The molecule has 0 aliphatic heterocycles. The predicted octanol–water partition coefficient (Wildman–Crippen LogP) is -0.0653. The monoisotopic (exact) mass is 256 g/mol. The van der Waals surface area contributed by atoms with Crippen molar-refractivity contribution in [2.45, 2.75) is 34.6 Å². The van der Waals surface area contributed by atoms with Crippen molar-refractivity contribution in [3.05, 3.63) is 19.2 Å². The molecule has 0 spiro atoms. The van der Waals surface area contributed by atoms with Crippen molar-refractivity contribution in [2.75, 3.05) is 21.2 Å². The Balaban J connectivity index is -0.0000000498. The maximum atomic E-state index is 10.7. The maximum Gasteiger partial charge on any atom is 1.00 e. The summed E-state index contributed by atoms with van der Waals surface area (Å²) in [5.74, 6) is -0.278. The Kier molecular flexibility index (Phi) is 55.7. The number of nitrogens with zero attached hydrogens (tertiary/aromatic N) is 1. The molecule has 0 atom stereocenters. The van der Waals surface area contributed by atoms with Crippen LogP contribution in [0.25, 0.3) is 0 Å². The van der Waals surface area contributed by atoms with E-state index in [0.29, 0.717) is 6.04 Å². The van der Waals surface area contributed by atoms with E-state index in [9.17, 15) is 4.79 Å². The first-order chi connectivity index (χ1) is 7.09. The van der Waals surface area contributed by atoms with E-state index >= 15 is 0 Å². The van der Waals surface area contributed by atoms with E-state index in [1.54, 1.807) is 25.9 Å². The van der Waals surface area contributed by atoms with Crippen molar-refractivity contribution < 1.29 is 60.9 Å². The molecule has 0 saturated carbocycles. The molecule has 0 bridgehead atoms. The fourth-order valence-corrected chi connectivity index (χ4v) is 0.330. The molecule has 0 heterocycles. The van der Waals surface area contributed by atoms with Gasteiger partial charge in [-0.1, -0.05) is 27.7 Å². The smallest absolute Gasteiger partial charge is 0.521 e. The van der Waals surface area contributed by atoms with Gasteiger partial charge in [-0.15, -0.1) is 0 Å². The molecule has 0 radical (unpaired) electrons. The van der Waals surface area contributed by atoms with Gasteiger partial charge in [-0.2, -0.15) is 6.92 Å². The van der Waals surface area contributed by atoms with Gasteiger partial charge in [-0.05, 0) is 14.1 Å². The van der Waals surface area contributed by atoms with Crippen LogP contribution < -0.4 is 51.4 Å². The fourth-order valence-electron chi connectivity index (χ4n) is 0.330. The summed E-state index contributed by atoms with van der Waals surface area (Å²) in [4.78, 5) is 12.4. The largest absolute Gasteiger partial charge is 1.00 e. The van der Waals surface area contributed by atoms with Gasteiger partial charge in [0.05, 0.1) is 7.11 Å². The second-order valence-corrected chi connectivity index (χ2v) is 1.97. The number of hydrogen-bond donors (Lipinski definition) is 0. The van der Waals surface area contributed by atoms with Gasteiger partial charge in [0.1, 0.15) is 0 Å². The van der Waals surface area contributed by atoms with Gasteiger partial charge in [0.15, 0.2) is 5.97 Å². The van der Waals surface area contributed by atoms with Gasteiger partial charge in [-0.3, -0.25) is 11.4 Å². The summed E-state index contributed by atoms with van der Waals surface area (Å²) in [6, 6.07) is 0.609. The van der Waals surface area contributed by atoms with Crippen molar-refractivity contribution in [3.63, 3.8) is 0 Å². The fraction of sp³-hybridized carbons (Fsp3) is 0.667. The predicted molar refractivity (Wildman–Crippen MR) is 67.2 cm³/mol. The molecule has 0 aromatic rings. The molecular weight excluding hydrogens is 229 g/mol. The van der Waals surface area contributed by atoms with Crippen LogP contribution in [0.3, 0.4) is 0 Å². The van der Waals surface area contributed by atoms with Crippen LogP contribution in [0.2, 0.25) is 0 Å². The second kappa shape index (κ2) is 29.6. The average molecular weight is 256 g/mol. The minimum atomic E-state index is -0.278. The summed E-state index contributed by atoms with van der Waals surface area (Å²) < 4.78 is 4.46. The topological polar surface area (TPSA) is 29.5 Å². The van der Waals surface area contributed by atoms with Crippen LogP contribution in [-0.2, 0) is 9.53 Å². The van der Waals surface area contributed by atoms with E-state index in [0.717, 1.165) is 0 Å². The summed E-state index contributed by atoms with van der Waals surface area (Å²) in [5.41, 5.74) is 0. The zero-order valence-corrected chi connectivity index (χ0v) is 15.7. The molecular formula is C12H27KNO2-. The second-order valence-electron chi connectivity index (χ2n) is 1.97. The van der Waals surface area contributed by atoms with Crippen LogP contribution in [0.1, 0.15) is 34.6 Å². The van der Waals surface area contributed by atoms with E-state index in [1.807, 2.05) is 27.7 Å². The van der Waals surface area contributed by atoms with Crippen LogP contribution in [0.4, 0.5) is 0 Å². The van der Waals surface area contributed by atoms with Crippen molar-refractivity contribution >= 4 is 5.97 Å². The molecule has 0 N–H and O–H groups in total. The van der Waals surface area contributed by atoms with Crippen LogP contribution in [0.5, 0.6) is 0 Å². The van der Waals surface area contributed by atoms with Gasteiger partial charge >= 0.3 is 51.4 Å². The molecule has 94 valence electrons. The Morgan fingerprint density at radius 1 is 1.19 bits per heavy atom. The Morgan fingerprint density at radius 2 is 1.44 bits per heavy atom. The molecule has 0 amide bonds. The molecule has 4 heteroatoms. The number of ether oxygens (including phenoxy) is 1. The maximum absolute atomic E-state index is 10.7. The first kappa shape index (κ1) is 30.1. The quantitative estimate of drug-likeness (QED) is 0.394. The van der Waals surface area contributed by atoms with E-state index in [2.05, 4.69) is 17.9 Å². The first-order valence-electron chi connectivity index (χ1n) is 5.09. The summed E-state index contributed by atoms with van der Waals surface area (Å²) in [7, 11) is 4.97. The molecule has 0 unspecified atom stereocenters. The van der Waals surface area contributed by atoms with Gasteiger partial charge in [-0.25, -0.2) is 6.04 Å². The minimum Gasteiger partial charge on any atom is -0.521 e. The van der Waals surface area contributed by atoms with Crippen molar-refractivity contribution in [2.24, 2.45) is 0 Å². The first-order valence-corrected chi connectivity index (χ1v) is 5.09. The van der Waals surface area contributed by atoms with Crippen LogP contribution in [-0.4, -0.2) is 32.1 Å². The summed E-state index contributed by atoms with van der Waals surface area (Å²) >= 11 is 0. The number of carbonyl (C=O) groups is 1. The van der Waals surface area contributed by atoms with Crippen molar-refractivity contribution in [3.8, 4) is 0 Å². The average Bonchev–Trinajstić information content (AvgIpc) is 2.34. The zero-order chi connectivity index (χ0) is 13.4. The summed E-state index contributed by atoms with van der Waals surface area (Å²) in [5, 5.41) is 0. The molecule has 0 saturated heterocycles. The van der Waals surface area contributed by atoms with Gasteiger partial charge < -0.3 is 16.2 Å².